The second kappa shape index (κ2) is 9.93. The fourth-order valence-corrected chi connectivity index (χ4v) is 3.08. The van der Waals surface area contributed by atoms with E-state index in [9.17, 15) is 14.4 Å². The first-order chi connectivity index (χ1) is 14.0. The van der Waals surface area contributed by atoms with Crippen molar-refractivity contribution in [2.75, 3.05) is 31.2 Å². The highest BCUT2D eigenvalue weighted by Crippen LogP contribution is 2.23. The molecule has 0 bridgehead atoms. The van der Waals surface area contributed by atoms with E-state index in [0.717, 1.165) is 12.1 Å². The Morgan fingerprint density at radius 1 is 1.07 bits per heavy atom. The summed E-state index contributed by atoms with van der Waals surface area (Å²) in [6, 6.07) is 13.7. The van der Waals surface area contributed by atoms with E-state index in [1.807, 2.05) is 0 Å². The van der Waals surface area contributed by atoms with Gasteiger partial charge in [-0.15, -0.1) is 0 Å². The van der Waals surface area contributed by atoms with E-state index < -0.39 is 11.9 Å². The third kappa shape index (κ3) is 5.71. The van der Waals surface area contributed by atoms with Gasteiger partial charge in [-0.2, -0.15) is 0 Å². The van der Waals surface area contributed by atoms with Gasteiger partial charge in [-0.3, -0.25) is 14.4 Å². The molecule has 1 aliphatic rings. The third-order valence-corrected chi connectivity index (χ3v) is 4.66. The molecule has 8 heteroatoms. The molecule has 29 heavy (non-hydrogen) atoms. The van der Waals surface area contributed by atoms with Crippen LogP contribution in [0.4, 0.5) is 5.69 Å². The summed E-state index contributed by atoms with van der Waals surface area (Å²) in [6.07, 6.45) is 1.39. The van der Waals surface area contributed by atoms with Gasteiger partial charge in [0.25, 0.3) is 5.91 Å². The van der Waals surface area contributed by atoms with Crippen molar-refractivity contribution in [2.45, 2.75) is 12.8 Å². The summed E-state index contributed by atoms with van der Waals surface area (Å²) in [6.45, 7) is 0.631. The number of benzene rings is 2. The predicted molar refractivity (Wildman–Crippen MR) is 108 cm³/mol. The summed E-state index contributed by atoms with van der Waals surface area (Å²) >= 11 is 5.96. The van der Waals surface area contributed by atoms with Crippen LogP contribution in [0.3, 0.4) is 0 Å². The number of rotatable bonds is 8. The number of halogens is 1. The highest BCUT2D eigenvalue weighted by atomic mass is 35.5. The van der Waals surface area contributed by atoms with Crippen LogP contribution in [-0.2, 0) is 14.3 Å². The van der Waals surface area contributed by atoms with Gasteiger partial charge in [0.05, 0.1) is 5.02 Å². The zero-order valence-corrected chi connectivity index (χ0v) is 16.5. The first-order valence-corrected chi connectivity index (χ1v) is 9.64. The molecule has 0 unspecified atom stereocenters. The largest absolute Gasteiger partial charge is 0.488 e. The number of para-hydroxylation sites is 1. The molecule has 1 heterocycles. The minimum atomic E-state index is -0.569. The molecule has 1 saturated heterocycles. The fraction of sp³-hybridized carbons (Fsp3) is 0.286. The molecular formula is C21H21ClN2O5. The van der Waals surface area contributed by atoms with E-state index in [1.54, 1.807) is 53.4 Å². The van der Waals surface area contributed by atoms with Crippen molar-refractivity contribution in [3.05, 3.63) is 59.1 Å². The Hall–Kier alpha value is -3.06. The summed E-state index contributed by atoms with van der Waals surface area (Å²) in [5.41, 5.74) is 1.16. The molecule has 0 aromatic heterocycles. The Bertz CT molecular complexity index is 885. The Morgan fingerprint density at radius 2 is 1.83 bits per heavy atom. The molecule has 0 aliphatic carbocycles. The molecule has 2 aromatic rings. The number of hydrogen-bond donors (Lipinski definition) is 1. The van der Waals surface area contributed by atoms with Gasteiger partial charge in [0.2, 0.25) is 5.91 Å². The second-order valence-electron chi connectivity index (χ2n) is 6.38. The van der Waals surface area contributed by atoms with E-state index in [4.69, 9.17) is 21.1 Å². The maximum absolute atomic E-state index is 12.2. The van der Waals surface area contributed by atoms with Crippen molar-refractivity contribution >= 4 is 35.1 Å². The van der Waals surface area contributed by atoms with Crippen LogP contribution in [0.15, 0.2) is 48.5 Å². The lowest BCUT2D eigenvalue weighted by atomic mass is 10.2. The maximum atomic E-state index is 12.2. The smallest absolute Gasteiger partial charge is 0.325 e. The average Bonchev–Trinajstić information content (AvgIpc) is 3.16. The number of amides is 2. The summed E-state index contributed by atoms with van der Waals surface area (Å²) in [5, 5.41) is 2.99. The standard InChI is InChI=1S/C21H21ClN2O5/c22-17-4-1-2-5-18(17)28-12-13-29-20(26)14-23-21(27)15-7-9-16(10-8-15)24-11-3-6-19(24)25/h1-2,4-5,7-10H,3,6,11-14H2,(H,23,27). The van der Waals surface area contributed by atoms with Gasteiger partial charge in [0, 0.05) is 24.2 Å². The first-order valence-electron chi connectivity index (χ1n) is 9.26. The molecule has 3 rings (SSSR count). The summed E-state index contributed by atoms with van der Waals surface area (Å²) in [4.78, 5) is 37.4. The minimum Gasteiger partial charge on any atom is -0.488 e. The number of esters is 1. The Morgan fingerprint density at radius 3 is 2.52 bits per heavy atom. The number of ether oxygens (including phenoxy) is 2. The summed E-state index contributed by atoms with van der Waals surface area (Å²) in [5.74, 6) is -0.366. The molecule has 1 aliphatic heterocycles. The van der Waals surface area contributed by atoms with Crippen LogP contribution in [0.5, 0.6) is 5.75 Å². The van der Waals surface area contributed by atoms with Crippen molar-refractivity contribution in [1.82, 2.24) is 5.32 Å². The lowest BCUT2D eigenvalue weighted by molar-refractivity contribution is -0.143. The second-order valence-corrected chi connectivity index (χ2v) is 6.79. The molecule has 7 nitrogen and oxygen atoms in total. The highest BCUT2D eigenvalue weighted by molar-refractivity contribution is 6.32. The first kappa shape index (κ1) is 20.7. The number of carbonyl (C=O) groups excluding carboxylic acids is 3. The van der Waals surface area contributed by atoms with Gasteiger partial charge < -0.3 is 19.7 Å². The van der Waals surface area contributed by atoms with Gasteiger partial charge in [-0.05, 0) is 42.8 Å². The topological polar surface area (TPSA) is 84.9 Å². The van der Waals surface area contributed by atoms with E-state index in [2.05, 4.69) is 5.32 Å². The van der Waals surface area contributed by atoms with Crippen LogP contribution < -0.4 is 15.0 Å². The quantitative estimate of drug-likeness (QED) is 0.528. The number of nitrogens with one attached hydrogen (secondary N) is 1. The maximum Gasteiger partial charge on any atom is 0.325 e. The molecule has 152 valence electrons. The van der Waals surface area contributed by atoms with Gasteiger partial charge in [-0.25, -0.2) is 0 Å². The molecular weight excluding hydrogens is 396 g/mol. The van der Waals surface area contributed by atoms with Gasteiger partial charge in [0.15, 0.2) is 0 Å². The fourth-order valence-electron chi connectivity index (χ4n) is 2.89. The van der Waals surface area contributed by atoms with E-state index in [0.29, 0.717) is 29.3 Å². The number of nitrogens with zero attached hydrogens (tertiary/aromatic N) is 1. The van der Waals surface area contributed by atoms with E-state index in [1.165, 1.54) is 0 Å². The van der Waals surface area contributed by atoms with Crippen LogP contribution in [0.25, 0.3) is 0 Å². The minimum absolute atomic E-state index is 0.0402. The van der Waals surface area contributed by atoms with Gasteiger partial charge in [0.1, 0.15) is 25.5 Å². The zero-order valence-electron chi connectivity index (χ0n) is 15.7. The number of carbonyl (C=O) groups is 3. The highest BCUT2D eigenvalue weighted by Gasteiger charge is 2.21. The van der Waals surface area contributed by atoms with Crippen LogP contribution in [0.1, 0.15) is 23.2 Å². The third-order valence-electron chi connectivity index (χ3n) is 4.35. The van der Waals surface area contributed by atoms with Crippen molar-refractivity contribution in [3.63, 3.8) is 0 Å². The molecule has 1 N–H and O–H groups in total. The normalized spacial score (nSPS) is 13.3. The van der Waals surface area contributed by atoms with E-state index >= 15 is 0 Å². The Labute approximate surface area is 173 Å². The number of hydrogen-bond acceptors (Lipinski definition) is 5. The lowest BCUT2D eigenvalue weighted by Gasteiger charge is -2.15. The van der Waals surface area contributed by atoms with Crippen molar-refractivity contribution < 1.29 is 23.9 Å². The zero-order chi connectivity index (χ0) is 20.6. The van der Waals surface area contributed by atoms with Crippen LogP contribution >= 0.6 is 11.6 Å². The predicted octanol–water partition coefficient (Wildman–Crippen LogP) is 2.82. The molecule has 2 amide bonds. The SMILES string of the molecule is O=C(CNC(=O)c1ccc(N2CCCC2=O)cc1)OCCOc1ccccc1Cl. The molecule has 0 radical (unpaired) electrons. The Kier molecular flexibility index (Phi) is 7.08. The number of anilines is 1. The van der Waals surface area contributed by atoms with Crippen molar-refractivity contribution in [2.24, 2.45) is 0 Å². The summed E-state index contributed by atoms with van der Waals surface area (Å²) < 4.78 is 10.4. The Balaban J connectivity index is 1.38. The van der Waals surface area contributed by atoms with Crippen molar-refractivity contribution in [3.8, 4) is 5.75 Å². The monoisotopic (exact) mass is 416 g/mol. The van der Waals surface area contributed by atoms with Crippen LogP contribution in [0, 0.1) is 0 Å². The molecule has 1 fully saturated rings. The van der Waals surface area contributed by atoms with E-state index in [-0.39, 0.29) is 25.7 Å². The van der Waals surface area contributed by atoms with Gasteiger partial charge >= 0.3 is 5.97 Å². The van der Waals surface area contributed by atoms with Crippen LogP contribution in [0.2, 0.25) is 5.02 Å². The molecule has 0 atom stereocenters. The van der Waals surface area contributed by atoms with Gasteiger partial charge in [-0.1, -0.05) is 23.7 Å². The average molecular weight is 417 g/mol. The molecule has 0 spiro atoms. The molecule has 2 aromatic carbocycles. The summed E-state index contributed by atoms with van der Waals surface area (Å²) in [7, 11) is 0. The van der Waals surface area contributed by atoms with Crippen LogP contribution in [-0.4, -0.2) is 44.1 Å². The lowest BCUT2D eigenvalue weighted by Crippen LogP contribution is -2.31. The van der Waals surface area contributed by atoms with Crippen molar-refractivity contribution in [1.29, 1.82) is 0 Å². The molecule has 0 saturated carbocycles.